The molecule has 2 rings (SSSR count). The molecular weight excluding hydrogens is 236 g/mol. The van der Waals surface area contributed by atoms with Gasteiger partial charge in [-0.25, -0.2) is 9.97 Å². The number of anilines is 3. The van der Waals surface area contributed by atoms with Crippen LogP contribution in [0.5, 0.6) is 0 Å². The Hall–Kier alpha value is -2.10. The number of aryl methyl sites for hydroxylation is 2. The second-order valence-corrected chi connectivity index (χ2v) is 4.67. The van der Waals surface area contributed by atoms with Crippen LogP contribution >= 0.6 is 0 Å². The smallest absolute Gasteiger partial charge is 0.138 e. The SMILES string of the molecule is CCNc1ncnc(Nc2ccc(C)cc2C)c1C. The minimum atomic E-state index is 0.845. The van der Waals surface area contributed by atoms with Crippen LogP contribution in [0.2, 0.25) is 0 Å². The quantitative estimate of drug-likeness (QED) is 0.878. The predicted octanol–water partition coefficient (Wildman–Crippen LogP) is 3.58. The summed E-state index contributed by atoms with van der Waals surface area (Å²) in [5, 5.41) is 6.61. The third-order valence-electron chi connectivity index (χ3n) is 3.06. The van der Waals surface area contributed by atoms with E-state index in [1.54, 1.807) is 6.33 Å². The second kappa shape index (κ2) is 5.69. The van der Waals surface area contributed by atoms with Gasteiger partial charge in [0.25, 0.3) is 0 Å². The van der Waals surface area contributed by atoms with Crippen molar-refractivity contribution < 1.29 is 0 Å². The summed E-state index contributed by atoms with van der Waals surface area (Å²) in [6.45, 7) is 9.11. The lowest BCUT2D eigenvalue weighted by atomic mass is 10.1. The molecule has 0 saturated carbocycles. The molecule has 2 aromatic rings. The van der Waals surface area contributed by atoms with Crippen molar-refractivity contribution in [2.45, 2.75) is 27.7 Å². The molecule has 1 aromatic heterocycles. The van der Waals surface area contributed by atoms with Gasteiger partial charge in [-0.15, -0.1) is 0 Å². The summed E-state index contributed by atoms with van der Waals surface area (Å²) in [5.41, 5.74) is 4.58. The van der Waals surface area contributed by atoms with Gasteiger partial charge < -0.3 is 10.6 Å². The van der Waals surface area contributed by atoms with Crippen LogP contribution in [0.1, 0.15) is 23.6 Å². The summed E-state index contributed by atoms with van der Waals surface area (Å²) in [5.74, 6) is 1.72. The molecule has 0 unspecified atom stereocenters. The molecule has 0 saturated heterocycles. The highest BCUT2D eigenvalue weighted by atomic mass is 15.1. The molecule has 0 atom stereocenters. The maximum Gasteiger partial charge on any atom is 0.138 e. The number of nitrogens with zero attached hydrogens (tertiary/aromatic N) is 2. The molecule has 100 valence electrons. The molecule has 0 amide bonds. The largest absolute Gasteiger partial charge is 0.370 e. The van der Waals surface area contributed by atoms with Crippen LogP contribution in [-0.4, -0.2) is 16.5 Å². The summed E-state index contributed by atoms with van der Waals surface area (Å²) < 4.78 is 0. The van der Waals surface area contributed by atoms with Gasteiger partial charge in [-0.2, -0.15) is 0 Å². The lowest BCUT2D eigenvalue weighted by Crippen LogP contribution is -2.06. The molecule has 0 spiro atoms. The van der Waals surface area contributed by atoms with Crippen molar-refractivity contribution in [2.24, 2.45) is 0 Å². The molecule has 0 aliphatic rings. The van der Waals surface area contributed by atoms with Crippen molar-refractivity contribution in [2.75, 3.05) is 17.2 Å². The lowest BCUT2D eigenvalue weighted by molar-refractivity contribution is 1.08. The average Bonchev–Trinajstić information content (AvgIpc) is 2.37. The zero-order valence-electron chi connectivity index (χ0n) is 11.9. The van der Waals surface area contributed by atoms with Crippen LogP contribution in [0.25, 0.3) is 0 Å². The van der Waals surface area contributed by atoms with Crippen molar-refractivity contribution >= 4 is 17.3 Å². The number of hydrogen-bond acceptors (Lipinski definition) is 4. The van der Waals surface area contributed by atoms with E-state index in [0.717, 1.165) is 29.4 Å². The predicted molar refractivity (Wildman–Crippen MR) is 80.1 cm³/mol. The van der Waals surface area contributed by atoms with E-state index < -0.39 is 0 Å². The Morgan fingerprint density at radius 3 is 2.47 bits per heavy atom. The Balaban J connectivity index is 2.30. The molecule has 0 bridgehead atoms. The van der Waals surface area contributed by atoms with E-state index in [4.69, 9.17) is 0 Å². The first-order chi connectivity index (χ1) is 9.11. The maximum atomic E-state index is 4.32. The summed E-state index contributed by atoms with van der Waals surface area (Å²) in [6, 6.07) is 6.33. The van der Waals surface area contributed by atoms with Crippen LogP contribution in [0.3, 0.4) is 0 Å². The highest BCUT2D eigenvalue weighted by Gasteiger charge is 2.07. The molecule has 0 aliphatic carbocycles. The molecule has 0 aliphatic heterocycles. The fraction of sp³-hybridized carbons (Fsp3) is 0.333. The fourth-order valence-electron chi connectivity index (χ4n) is 2.00. The summed E-state index contributed by atoms with van der Waals surface area (Å²) >= 11 is 0. The molecule has 0 radical (unpaired) electrons. The van der Waals surface area contributed by atoms with Crippen molar-refractivity contribution in [1.29, 1.82) is 0 Å². The van der Waals surface area contributed by atoms with Crippen molar-refractivity contribution in [1.82, 2.24) is 9.97 Å². The van der Waals surface area contributed by atoms with Gasteiger partial charge in [0, 0.05) is 17.8 Å². The van der Waals surface area contributed by atoms with Gasteiger partial charge in [0.15, 0.2) is 0 Å². The van der Waals surface area contributed by atoms with E-state index in [0.29, 0.717) is 0 Å². The molecule has 4 heteroatoms. The van der Waals surface area contributed by atoms with Gasteiger partial charge in [-0.05, 0) is 39.3 Å². The van der Waals surface area contributed by atoms with Crippen molar-refractivity contribution in [3.05, 3.63) is 41.2 Å². The van der Waals surface area contributed by atoms with Crippen molar-refractivity contribution in [3.8, 4) is 0 Å². The second-order valence-electron chi connectivity index (χ2n) is 4.67. The molecule has 0 fully saturated rings. The normalized spacial score (nSPS) is 10.3. The first-order valence-electron chi connectivity index (χ1n) is 6.51. The number of benzene rings is 1. The van der Waals surface area contributed by atoms with Gasteiger partial charge >= 0.3 is 0 Å². The number of aromatic nitrogens is 2. The lowest BCUT2D eigenvalue weighted by Gasteiger charge is -2.13. The molecule has 19 heavy (non-hydrogen) atoms. The number of hydrogen-bond donors (Lipinski definition) is 2. The molecular formula is C15H20N4. The van der Waals surface area contributed by atoms with Crippen LogP contribution in [0.15, 0.2) is 24.5 Å². The topological polar surface area (TPSA) is 49.8 Å². The van der Waals surface area contributed by atoms with E-state index >= 15 is 0 Å². The third kappa shape index (κ3) is 3.02. The monoisotopic (exact) mass is 256 g/mol. The summed E-state index contributed by atoms with van der Waals surface area (Å²) in [6.07, 6.45) is 1.58. The van der Waals surface area contributed by atoms with Gasteiger partial charge in [0.2, 0.25) is 0 Å². The van der Waals surface area contributed by atoms with Gasteiger partial charge in [0.1, 0.15) is 18.0 Å². The molecule has 1 heterocycles. The van der Waals surface area contributed by atoms with E-state index in [-0.39, 0.29) is 0 Å². The van der Waals surface area contributed by atoms with E-state index in [9.17, 15) is 0 Å². The Bertz CT molecular complexity index is 578. The van der Waals surface area contributed by atoms with Crippen molar-refractivity contribution in [3.63, 3.8) is 0 Å². The maximum absolute atomic E-state index is 4.32. The first kappa shape index (κ1) is 13.3. The van der Waals surface area contributed by atoms with Gasteiger partial charge in [-0.1, -0.05) is 17.7 Å². The van der Waals surface area contributed by atoms with Gasteiger partial charge in [0.05, 0.1) is 0 Å². The molecule has 2 N–H and O–H groups in total. The first-order valence-corrected chi connectivity index (χ1v) is 6.51. The Labute approximate surface area is 114 Å². The standard InChI is InChI=1S/C15H20N4/c1-5-16-14-12(4)15(18-9-17-14)19-13-7-6-10(2)8-11(13)3/h6-9H,5H2,1-4H3,(H2,16,17,18,19). The van der Waals surface area contributed by atoms with E-state index in [1.165, 1.54) is 11.1 Å². The van der Waals surface area contributed by atoms with Crippen LogP contribution in [-0.2, 0) is 0 Å². The zero-order valence-corrected chi connectivity index (χ0v) is 11.9. The molecule has 4 nitrogen and oxygen atoms in total. The Kier molecular flexibility index (Phi) is 4.00. The van der Waals surface area contributed by atoms with Crippen LogP contribution in [0, 0.1) is 20.8 Å². The minimum Gasteiger partial charge on any atom is -0.370 e. The highest BCUT2D eigenvalue weighted by Crippen LogP contribution is 2.24. The fourth-order valence-corrected chi connectivity index (χ4v) is 2.00. The Morgan fingerprint density at radius 1 is 1.05 bits per heavy atom. The summed E-state index contributed by atoms with van der Waals surface area (Å²) in [4.78, 5) is 8.56. The number of rotatable bonds is 4. The number of nitrogens with one attached hydrogen (secondary N) is 2. The van der Waals surface area contributed by atoms with E-state index in [1.807, 2.05) is 6.92 Å². The molecule has 1 aromatic carbocycles. The Morgan fingerprint density at radius 2 is 1.79 bits per heavy atom. The highest BCUT2D eigenvalue weighted by molar-refractivity contribution is 5.66. The van der Waals surface area contributed by atoms with Gasteiger partial charge in [-0.3, -0.25) is 0 Å². The van der Waals surface area contributed by atoms with E-state index in [2.05, 4.69) is 59.6 Å². The summed E-state index contributed by atoms with van der Waals surface area (Å²) in [7, 11) is 0. The minimum absolute atomic E-state index is 0.845. The third-order valence-corrected chi connectivity index (χ3v) is 3.06. The van der Waals surface area contributed by atoms with Crippen LogP contribution < -0.4 is 10.6 Å². The van der Waals surface area contributed by atoms with Crippen LogP contribution in [0.4, 0.5) is 17.3 Å². The zero-order chi connectivity index (χ0) is 13.8. The average molecular weight is 256 g/mol.